The van der Waals surface area contributed by atoms with E-state index in [4.69, 9.17) is 0 Å². The minimum atomic E-state index is -0.259. The molecule has 2 saturated heterocycles. The van der Waals surface area contributed by atoms with Crippen molar-refractivity contribution >= 4 is 23.9 Å². The molecule has 0 unspecified atom stereocenters. The molecule has 3 nitrogen and oxygen atoms in total. The normalized spacial score (nSPS) is 16.7. The van der Waals surface area contributed by atoms with Crippen LogP contribution in [0.5, 0.6) is 0 Å². The highest BCUT2D eigenvalue weighted by Crippen LogP contribution is 2.32. The summed E-state index contributed by atoms with van der Waals surface area (Å²) in [5.74, 6) is -0.221. The molecule has 0 aliphatic carbocycles. The summed E-state index contributed by atoms with van der Waals surface area (Å²) in [6.45, 7) is 4.67. The van der Waals surface area contributed by atoms with Crippen LogP contribution in [0.1, 0.15) is 49.7 Å². The van der Waals surface area contributed by atoms with Crippen LogP contribution < -0.4 is 0 Å². The maximum Gasteiger partial charge on any atom is 0.222 e. The number of hydrogen-bond acceptors (Lipinski definition) is 2. The zero-order valence-corrected chi connectivity index (χ0v) is 19.2. The molecule has 0 saturated carbocycles. The molecular weight excluding hydrogens is 430 g/mol. The highest BCUT2D eigenvalue weighted by molar-refractivity contribution is 5.85. The molecule has 2 fully saturated rings. The first-order chi connectivity index (χ1) is 15.1. The minimum absolute atomic E-state index is 0. The Balaban J connectivity index is 0.00000289. The van der Waals surface area contributed by atoms with Crippen molar-refractivity contribution in [3.05, 3.63) is 76.9 Å². The quantitative estimate of drug-likeness (QED) is 0.553. The predicted octanol–water partition coefficient (Wildman–Crippen LogP) is 5.69. The molecule has 0 bridgehead atoms. The smallest absolute Gasteiger partial charge is 0.222 e. The van der Waals surface area contributed by atoms with Crippen molar-refractivity contribution in [2.45, 2.75) is 38.5 Å². The summed E-state index contributed by atoms with van der Waals surface area (Å²) in [5.41, 5.74) is 4.34. The van der Waals surface area contributed by atoms with Gasteiger partial charge in [-0.25, -0.2) is 8.78 Å². The Morgan fingerprint density at radius 1 is 0.781 bits per heavy atom. The topological polar surface area (TPSA) is 23.6 Å². The van der Waals surface area contributed by atoms with E-state index in [2.05, 4.69) is 4.90 Å². The number of benzene rings is 2. The van der Waals surface area contributed by atoms with Crippen LogP contribution in [-0.4, -0.2) is 48.4 Å². The third-order valence-electron chi connectivity index (χ3n) is 6.40. The van der Waals surface area contributed by atoms with Crippen LogP contribution in [0.4, 0.5) is 8.78 Å². The van der Waals surface area contributed by atoms with Gasteiger partial charge in [0.1, 0.15) is 11.6 Å². The highest BCUT2D eigenvalue weighted by Gasteiger charge is 2.21. The standard InChI is InChI=1S/C26H30F2N2O.ClH/c27-23-9-5-20(6-10-23)26(21-7-11-24(28)12-8-21)22-13-18-29(19-14-22)15-3-4-25(31)30-16-1-2-17-30;/h5-12H,1-4,13-19H2;1H. The Morgan fingerprint density at radius 3 is 1.78 bits per heavy atom. The molecule has 0 N–H and O–H groups in total. The van der Waals surface area contributed by atoms with Crippen LogP contribution in [0, 0.1) is 11.6 Å². The van der Waals surface area contributed by atoms with Crippen LogP contribution in [0.2, 0.25) is 0 Å². The summed E-state index contributed by atoms with van der Waals surface area (Å²) in [6, 6.07) is 13.1. The zero-order valence-electron chi connectivity index (χ0n) is 18.4. The first-order valence-corrected chi connectivity index (χ1v) is 11.3. The Labute approximate surface area is 195 Å². The molecule has 2 aromatic carbocycles. The number of piperidine rings is 1. The summed E-state index contributed by atoms with van der Waals surface area (Å²) in [6.07, 6.45) is 5.65. The van der Waals surface area contributed by atoms with E-state index in [9.17, 15) is 13.6 Å². The van der Waals surface area contributed by atoms with E-state index >= 15 is 0 Å². The van der Waals surface area contributed by atoms with Gasteiger partial charge in [-0.3, -0.25) is 4.79 Å². The number of nitrogens with zero attached hydrogens (tertiary/aromatic N) is 2. The monoisotopic (exact) mass is 460 g/mol. The fourth-order valence-electron chi connectivity index (χ4n) is 4.68. The molecule has 1 amide bonds. The van der Waals surface area contributed by atoms with Gasteiger partial charge in [-0.1, -0.05) is 29.8 Å². The van der Waals surface area contributed by atoms with E-state index in [-0.39, 0.29) is 24.0 Å². The lowest BCUT2D eigenvalue weighted by Crippen LogP contribution is -2.33. The molecule has 0 atom stereocenters. The molecule has 2 aliphatic heterocycles. The van der Waals surface area contributed by atoms with Gasteiger partial charge >= 0.3 is 0 Å². The SMILES string of the molecule is Cl.O=C(CCCN1CCC(=C(c2ccc(F)cc2)c2ccc(F)cc2)CC1)N1CCCC1. The van der Waals surface area contributed by atoms with Gasteiger partial charge in [-0.2, -0.15) is 0 Å². The van der Waals surface area contributed by atoms with Crippen molar-refractivity contribution in [3.8, 4) is 0 Å². The zero-order chi connectivity index (χ0) is 21.6. The minimum Gasteiger partial charge on any atom is -0.343 e. The third kappa shape index (κ3) is 6.17. The van der Waals surface area contributed by atoms with E-state index in [1.54, 1.807) is 24.3 Å². The van der Waals surface area contributed by atoms with Crippen molar-refractivity contribution in [1.29, 1.82) is 0 Å². The second kappa shape index (κ2) is 11.6. The molecule has 32 heavy (non-hydrogen) atoms. The number of carbonyl (C=O) groups is 1. The summed E-state index contributed by atoms with van der Waals surface area (Å²) in [5, 5.41) is 0. The Kier molecular flexibility index (Phi) is 8.83. The summed E-state index contributed by atoms with van der Waals surface area (Å²) < 4.78 is 26.9. The summed E-state index contributed by atoms with van der Waals surface area (Å²) in [7, 11) is 0. The van der Waals surface area contributed by atoms with Gasteiger partial charge < -0.3 is 9.80 Å². The molecule has 4 rings (SSSR count). The molecule has 2 heterocycles. The molecule has 2 aliphatic rings. The van der Waals surface area contributed by atoms with E-state index < -0.39 is 0 Å². The molecule has 172 valence electrons. The van der Waals surface area contributed by atoms with Crippen LogP contribution in [0.25, 0.3) is 5.57 Å². The van der Waals surface area contributed by atoms with Crippen molar-refractivity contribution < 1.29 is 13.6 Å². The van der Waals surface area contributed by atoms with Crippen molar-refractivity contribution in [2.75, 3.05) is 32.7 Å². The summed E-state index contributed by atoms with van der Waals surface area (Å²) >= 11 is 0. The maximum atomic E-state index is 13.5. The van der Waals surface area contributed by atoms with Gasteiger partial charge in [-0.15, -0.1) is 12.4 Å². The van der Waals surface area contributed by atoms with Crippen LogP contribution >= 0.6 is 12.4 Å². The lowest BCUT2D eigenvalue weighted by Gasteiger charge is -2.30. The summed E-state index contributed by atoms with van der Waals surface area (Å²) in [4.78, 5) is 16.7. The van der Waals surface area contributed by atoms with E-state index in [0.29, 0.717) is 12.3 Å². The Hall–Kier alpha value is -2.24. The number of carbonyl (C=O) groups excluding carboxylic acids is 1. The molecule has 0 radical (unpaired) electrons. The van der Waals surface area contributed by atoms with Crippen LogP contribution in [-0.2, 0) is 4.79 Å². The number of hydrogen-bond donors (Lipinski definition) is 0. The second-order valence-electron chi connectivity index (χ2n) is 8.53. The molecule has 6 heteroatoms. The van der Waals surface area contributed by atoms with Crippen LogP contribution in [0.15, 0.2) is 54.1 Å². The number of likely N-dealkylation sites (tertiary alicyclic amines) is 2. The first kappa shape index (κ1) is 24.4. The number of halogens is 3. The van der Waals surface area contributed by atoms with E-state index in [1.807, 2.05) is 4.90 Å². The lowest BCUT2D eigenvalue weighted by atomic mass is 9.88. The molecular formula is C26H31ClF2N2O. The first-order valence-electron chi connectivity index (χ1n) is 11.3. The second-order valence-corrected chi connectivity index (χ2v) is 8.53. The van der Waals surface area contributed by atoms with Gasteiger partial charge in [0.25, 0.3) is 0 Å². The van der Waals surface area contributed by atoms with Gasteiger partial charge in [0.2, 0.25) is 5.91 Å². The molecule has 2 aromatic rings. The Bertz CT molecular complexity index is 864. The number of rotatable bonds is 6. The molecule has 0 spiro atoms. The van der Waals surface area contributed by atoms with Gasteiger partial charge in [-0.05, 0) is 79.6 Å². The fraction of sp³-hybridized carbons (Fsp3) is 0.423. The maximum absolute atomic E-state index is 13.5. The van der Waals surface area contributed by atoms with Gasteiger partial charge in [0, 0.05) is 32.6 Å². The lowest BCUT2D eigenvalue weighted by molar-refractivity contribution is -0.130. The average Bonchev–Trinajstić information content (AvgIpc) is 3.33. The predicted molar refractivity (Wildman–Crippen MR) is 127 cm³/mol. The highest BCUT2D eigenvalue weighted by atomic mass is 35.5. The van der Waals surface area contributed by atoms with E-state index in [0.717, 1.165) is 81.5 Å². The largest absolute Gasteiger partial charge is 0.343 e. The molecule has 0 aromatic heterocycles. The van der Waals surface area contributed by atoms with Crippen molar-refractivity contribution in [2.24, 2.45) is 0 Å². The van der Waals surface area contributed by atoms with E-state index in [1.165, 1.54) is 29.8 Å². The fourth-order valence-corrected chi connectivity index (χ4v) is 4.68. The van der Waals surface area contributed by atoms with Crippen molar-refractivity contribution in [3.63, 3.8) is 0 Å². The van der Waals surface area contributed by atoms with Gasteiger partial charge in [0.15, 0.2) is 0 Å². The Morgan fingerprint density at radius 2 is 1.28 bits per heavy atom. The van der Waals surface area contributed by atoms with Crippen molar-refractivity contribution in [1.82, 2.24) is 9.80 Å². The van der Waals surface area contributed by atoms with Crippen LogP contribution in [0.3, 0.4) is 0 Å². The number of amides is 1. The van der Waals surface area contributed by atoms with Gasteiger partial charge in [0.05, 0.1) is 0 Å². The average molecular weight is 461 g/mol. The third-order valence-corrected chi connectivity index (χ3v) is 6.40.